The van der Waals surface area contributed by atoms with Gasteiger partial charge < -0.3 is 14.1 Å². The Morgan fingerprint density at radius 2 is 1.64 bits per heavy atom. The summed E-state index contributed by atoms with van der Waals surface area (Å²) in [5.74, 6) is 0. The summed E-state index contributed by atoms with van der Waals surface area (Å²) in [5.41, 5.74) is 0. The monoisotopic (exact) mass is 235 g/mol. The Bertz CT molecular complexity index is 208. The first-order valence-electron chi connectivity index (χ1n) is 4.69. The Labute approximate surface area is 88.1 Å². The van der Waals surface area contributed by atoms with E-state index in [0.29, 0.717) is 0 Å². The summed E-state index contributed by atoms with van der Waals surface area (Å²) in [4.78, 5) is 11.6. The molecule has 84 valence electrons. The van der Waals surface area contributed by atoms with Crippen molar-refractivity contribution in [2.45, 2.75) is 39.3 Å². The molecule has 0 aliphatic rings. The molecule has 1 N–H and O–H groups in total. The van der Waals surface area contributed by atoms with Crippen molar-refractivity contribution < 1.29 is 14.3 Å². The summed E-state index contributed by atoms with van der Waals surface area (Å²) in [5, 5.41) is 9.10. The molecule has 0 aliphatic heterocycles. The van der Waals surface area contributed by atoms with Crippen LogP contribution in [0.1, 0.15) is 0 Å². The highest BCUT2D eigenvalue weighted by atomic mass is 28.4. The van der Waals surface area contributed by atoms with Crippen LogP contribution >= 0.6 is 0 Å². The lowest BCUT2D eigenvalue weighted by Gasteiger charge is -2.33. The molecular formula is C8H21NO3Si2. The van der Waals surface area contributed by atoms with Crippen LogP contribution in [0, 0.1) is 0 Å². The number of aliphatic hydroxyl groups is 1. The Balaban J connectivity index is 4.50. The Hall–Kier alpha value is -0.336. The minimum Gasteiger partial charge on any atom is -0.505 e. The van der Waals surface area contributed by atoms with Crippen LogP contribution in [-0.4, -0.2) is 39.0 Å². The molecule has 0 aromatic heterocycles. The maximum absolute atomic E-state index is 11.6. The maximum atomic E-state index is 11.6. The van der Waals surface area contributed by atoms with Gasteiger partial charge in [-0.3, -0.25) is 0 Å². The fourth-order valence-corrected chi connectivity index (χ4v) is 2.60. The molecule has 4 nitrogen and oxygen atoms in total. The first-order chi connectivity index (χ1) is 6.08. The van der Waals surface area contributed by atoms with Gasteiger partial charge in [0.15, 0.2) is 8.24 Å². The lowest BCUT2D eigenvalue weighted by atomic mass is 11.1. The molecule has 0 rings (SSSR count). The topological polar surface area (TPSA) is 49.8 Å². The second-order valence-electron chi connectivity index (χ2n) is 5.22. The zero-order chi connectivity index (χ0) is 11.6. The van der Waals surface area contributed by atoms with E-state index >= 15 is 0 Å². The lowest BCUT2D eigenvalue weighted by Crippen LogP contribution is -2.52. The zero-order valence-electron chi connectivity index (χ0n) is 9.92. The van der Waals surface area contributed by atoms with Crippen molar-refractivity contribution in [3.63, 3.8) is 0 Å². The summed E-state index contributed by atoms with van der Waals surface area (Å²) in [7, 11) is -3.68. The fraction of sp³-hybridized carbons (Fsp3) is 0.875. The van der Waals surface area contributed by atoms with Gasteiger partial charge >= 0.3 is 6.09 Å². The largest absolute Gasteiger partial charge is 0.505 e. The van der Waals surface area contributed by atoms with Crippen LogP contribution in [0.25, 0.3) is 0 Å². The van der Waals surface area contributed by atoms with Gasteiger partial charge in [0.05, 0.1) is 0 Å². The van der Waals surface area contributed by atoms with Crippen LogP contribution in [0.4, 0.5) is 4.79 Å². The molecule has 0 saturated carbocycles. The molecular weight excluding hydrogens is 214 g/mol. The average Bonchev–Trinajstić information content (AvgIpc) is 1.79. The van der Waals surface area contributed by atoms with Crippen molar-refractivity contribution in [3.05, 3.63) is 0 Å². The van der Waals surface area contributed by atoms with Gasteiger partial charge in [-0.15, -0.1) is 0 Å². The van der Waals surface area contributed by atoms with Gasteiger partial charge in [-0.2, -0.15) is 0 Å². The summed E-state index contributed by atoms with van der Waals surface area (Å²) in [6.07, 6.45) is -0.370. The van der Waals surface area contributed by atoms with Crippen molar-refractivity contribution >= 4 is 22.6 Å². The van der Waals surface area contributed by atoms with Gasteiger partial charge in [0.25, 0.3) is 0 Å². The van der Waals surface area contributed by atoms with E-state index in [1.54, 1.807) is 0 Å². The first-order valence-corrected chi connectivity index (χ1v) is 11.5. The molecule has 0 spiro atoms. The molecule has 0 unspecified atom stereocenters. The Morgan fingerprint density at radius 3 is 1.86 bits per heavy atom. The predicted molar refractivity (Wildman–Crippen MR) is 62.1 cm³/mol. The van der Waals surface area contributed by atoms with Crippen LogP contribution in [0.2, 0.25) is 39.3 Å². The number of rotatable bonds is 3. The highest BCUT2D eigenvalue weighted by Crippen LogP contribution is 2.13. The quantitative estimate of drug-likeness (QED) is 0.601. The van der Waals surface area contributed by atoms with E-state index in [9.17, 15) is 4.79 Å². The Kier molecular flexibility index (Phi) is 4.35. The van der Waals surface area contributed by atoms with Gasteiger partial charge in [-0.05, 0) is 19.6 Å². The normalized spacial score (nSPS) is 12.5. The minimum atomic E-state index is -1.86. The number of hydrogen-bond acceptors (Lipinski definition) is 3. The number of amides is 1. The molecule has 0 radical (unpaired) electrons. The van der Waals surface area contributed by atoms with Gasteiger partial charge in [0, 0.05) is 0 Å². The molecule has 0 aliphatic carbocycles. The molecule has 0 atom stereocenters. The highest BCUT2D eigenvalue weighted by Gasteiger charge is 2.32. The zero-order valence-corrected chi connectivity index (χ0v) is 11.9. The fourth-order valence-electron chi connectivity index (χ4n) is 0.861. The molecule has 0 fully saturated rings. The summed E-state index contributed by atoms with van der Waals surface area (Å²) in [6.45, 7) is 11.6. The summed E-state index contributed by atoms with van der Waals surface area (Å²) < 4.78 is 6.77. The van der Waals surface area contributed by atoms with Crippen LogP contribution < -0.4 is 0 Å². The summed E-state index contributed by atoms with van der Waals surface area (Å²) in [6, 6.07) is 0. The molecule has 0 aromatic rings. The van der Waals surface area contributed by atoms with E-state index in [2.05, 4.69) is 0 Å². The molecule has 1 amide bonds. The van der Waals surface area contributed by atoms with E-state index in [0.717, 1.165) is 0 Å². The number of carbonyl (C=O) groups is 1. The van der Waals surface area contributed by atoms with Crippen molar-refractivity contribution in [2.24, 2.45) is 0 Å². The second-order valence-corrected chi connectivity index (χ2v) is 14.5. The average molecular weight is 235 g/mol. The SMILES string of the molecule is C[Si](C)(C)OC(=O)N(CO)[Si](C)(C)C. The minimum absolute atomic E-state index is 0.251. The van der Waals surface area contributed by atoms with Crippen molar-refractivity contribution in [1.29, 1.82) is 0 Å². The summed E-state index contributed by atoms with van der Waals surface area (Å²) >= 11 is 0. The van der Waals surface area contributed by atoms with E-state index < -0.39 is 16.6 Å². The van der Waals surface area contributed by atoms with E-state index in [1.165, 1.54) is 4.57 Å². The van der Waals surface area contributed by atoms with E-state index in [1.807, 2.05) is 39.3 Å². The highest BCUT2D eigenvalue weighted by molar-refractivity contribution is 6.76. The van der Waals surface area contributed by atoms with Crippen molar-refractivity contribution in [1.82, 2.24) is 4.57 Å². The maximum Gasteiger partial charge on any atom is 0.389 e. The van der Waals surface area contributed by atoms with Gasteiger partial charge in [-0.25, -0.2) is 4.79 Å². The molecule has 14 heavy (non-hydrogen) atoms. The molecule has 0 aromatic carbocycles. The molecule has 0 bridgehead atoms. The number of nitrogens with zero attached hydrogens (tertiary/aromatic N) is 1. The molecule has 0 saturated heterocycles. The number of carbonyl (C=O) groups excluding carboxylic acids is 1. The molecule has 0 heterocycles. The van der Waals surface area contributed by atoms with Crippen LogP contribution in [-0.2, 0) is 4.43 Å². The van der Waals surface area contributed by atoms with Crippen molar-refractivity contribution in [2.75, 3.05) is 6.73 Å². The van der Waals surface area contributed by atoms with Crippen LogP contribution in [0.3, 0.4) is 0 Å². The first kappa shape index (κ1) is 13.7. The van der Waals surface area contributed by atoms with E-state index in [4.69, 9.17) is 9.53 Å². The van der Waals surface area contributed by atoms with E-state index in [-0.39, 0.29) is 12.8 Å². The van der Waals surface area contributed by atoms with Gasteiger partial charge in [0.1, 0.15) is 6.73 Å². The third kappa shape index (κ3) is 4.78. The third-order valence-corrected chi connectivity index (χ3v) is 4.30. The smallest absolute Gasteiger partial charge is 0.389 e. The van der Waals surface area contributed by atoms with Crippen molar-refractivity contribution in [3.8, 4) is 0 Å². The third-order valence-electron chi connectivity index (χ3n) is 1.57. The van der Waals surface area contributed by atoms with Crippen LogP contribution in [0.15, 0.2) is 0 Å². The molecule has 6 heteroatoms. The van der Waals surface area contributed by atoms with Gasteiger partial charge in [0.2, 0.25) is 8.32 Å². The van der Waals surface area contributed by atoms with Crippen LogP contribution in [0.5, 0.6) is 0 Å². The predicted octanol–water partition coefficient (Wildman–Crippen LogP) is 2.04. The second kappa shape index (κ2) is 4.46. The number of hydrogen-bond donors (Lipinski definition) is 1. The number of aliphatic hydroxyl groups excluding tert-OH is 1. The van der Waals surface area contributed by atoms with Gasteiger partial charge in [-0.1, -0.05) is 19.6 Å². The Morgan fingerprint density at radius 1 is 1.21 bits per heavy atom. The lowest BCUT2D eigenvalue weighted by molar-refractivity contribution is 0.132. The standard InChI is InChI=1S/C8H21NO3Si2/c1-13(2,3)9(7-10)8(11)12-14(4,5)6/h10H,7H2,1-6H3.